The highest BCUT2D eigenvalue weighted by molar-refractivity contribution is 6.30. The van der Waals surface area contributed by atoms with Gasteiger partial charge in [-0.2, -0.15) is 0 Å². The zero-order valence-electron chi connectivity index (χ0n) is 36.9. The topological polar surface area (TPSA) is 149 Å². The van der Waals surface area contributed by atoms with Gasteiger partial charge in [0.2, 0.25) is 23.6 Å². The molecule has 65 heavy (non-hydrogen) atoms. The minimum absolute atomic E-state index is 0.119. The van der Waals surface area contributed by atoms with Crippen LogP contribution in [0, 0.1) is 11.7 Å². The predicted molar refractivity (Wildman–Crippen MR) is 244 cm³/mol. The van der Waals surface area contributed by atoms with Crippen LogP contribution in [0.15, 0.2) is 97.2 Å². The SMILES string of the molecule is CN(C)Cc1ncc(-c2ccc(Oc3ccc(CN4CC(=O)N[C@@H](CO)C(=O)N[C@@]5(Cc6ccc(Cl)cc6)CCCN(C5)C(=O)[C@H]([C@@H]5CCc6ccccc65)CC4=O)c(F)c3)cc2)n1C. The standard InChI is InChI=1S/C50H55ClFN7O6/c1-56(2)28-45-53-26-44(57(45)3)34-11-17-37(18-12-34)65-38-19-13-35(42(52)23-38)27-59-29-46(61)54-43(30-60)48(63)55-50(25-32-9-15-36(51)16-10-32)21-6-22-58(31-50)49(64)41(24-47(59)62)40-20-14-33-7-4-5-8-39(33)40/h4-5,7-13,15-19,23,26,40-41,43,60H,6,14,20-22,24-25,27-31H2,1-3H3,(H,54,61)(H,55,63)/t40-,41+,43+,50-/m1/s1. The predicted octanol–water partition coefficient (Wildman–Crippen LogP) is 6.01. The van der Waals surface area contributed by atoms with E-state index in [1.165, 1.54) is 17.0 Å². The first-order valence-electron chi connectivity index (χ1n) is 22.1. The number of aryl methyl sites for hydroxylation is 1. The van der Waals surface area contributed by atoms with Crippen molar-refractivity contribution in [3.8, 4) is 22.8 Å². The number of amides is 4. The first kappa shape index (κ1) is 45.5. The average Bonchev–Trinajstić information content (AvgIpc) is 3.88. The number of aliphatic hydroxyl groups excluding tert-OH is 1. The van der Waals surface area contributed by atoms with Gasteiger partial charge in [0, 0.05) is 55.3 Å². The van der Waals surface area contributed by atoms with Crippen molar-refractivity contribution in [3.05, 3.63) is 136 Å². The Kier molecular flexibility index (Phi) is 13.7. The molecular weight excluding hydrogens is 849 g/mol. The molecule has 8 rings (SSSR count). The van der Waals surface area contributed by atoms with Gasteiger partial charge in [-0.15, -0.1) is 0 Å². The maximum absolute atomic E-state index is 16.1. The molecule has 15 heteroatoms. The third-order valence-corrected chi connectivity index (χ3v) is 13.2. The first-order chi connectivity index (χ1) is 31.3. The van der Waals surface area contributed by atoms with Gasteiger partial charge >= 0.3 is 0 Å². The first-order valence-corrected chi connectivity index (χ1v) is 22.5. The second kappa shape index (κ2) is 19.6. The van der Waals surface area contributed by atoms with E-state index >= 15 is 9.18 Å². The number of fused-ring (bicyclic) bond motifs is 3. The Balaban J connectivity index is 1.06. The van der Waals surface area contributed by atoms with Crippen molar-refractivity contribution in [2.45, 2.75) is 69.1 Å². The largest absolute Gasteiger partial charge is 0.457 e. The van der Waals surface area contributed by atoms with E-state index in [9.17, 15) is 19.5 Å². The Bertz CT molecular complexity index is 2550. The Labute approximate surface area is 383 Å². The summed E-state index contributed by atoms with van der Waals surface area (Å²) in [6.07, 6.45) is 4.47. The molecule has 5 aromatic rings. The molecule has 0 saturated carbocycles. The second-order valence-electron chi connectivity index (χ2n) is 17.9. The fourth-order valence-electron chi connectivity index (χ4n) is 9.65. The molecule has 2 bridgehead atoms. The molecule has 0 spiro atoms. The maximum Gasteiger partial charge on any atom is 0.245 e. The van der Waals surface area contributed by atoms with Gasteiger partial charge in [-0.05, 0) is 111 Å². The smallest absolute Gasteiger partial charge is 0.245 e. The fraction of sp³-hybridized carbons (Fsp3) is 0.380. The molecule has 2 aliphatic heterocycles. The average molecular weight is 904 g/mol. The molecule has 3 aliphatic rings. The van der Waals surface area contributed by atoms with Gasteiger partial charge in [-0.1, -0.05) is 54.1 Å². The zero-order valence-corrected chi connectivity index (χ0v) is 37.7. The number of carbonyl (C=O) groups excluding carboxylic acids is 4. The summed E-state index contributed by atoms with van der Waals surface area (Å²) in [5.74, 6) is -2.17. The molecular formula is C50H55ClFN7O6. The van der Waals surface area contributed by atoms with Crippen molar-refractivity contribution >= 4 is 35.2 Å². The summed E-state index contributed by atoms with van der Waals surface area (Å²) in [6.45, 7) is -0.300. The molecule has 0 unspecified atom stereocenters. The van der Waals surface area contributed by atoms with Crippen LogP contribution in [0.2, 0.25) is 5.02 Å². The Morgan fingerprint density at radius 2 is 1.72 bits per heavy atom. The van der Waals surface area contributed by atoms with E-state index in [4.69, 9.17) is 16.3 Å². The van der Waals surface area contributed by atoms with Gasteiger partial charge in [-0.25, -0.2) is 9.37 Å². The summed E-state index contributed by atoms with van der Waals surface area (Å²) >= 11 is 6.21. The van der Waals surface area contributed by atoms with Crippen LogP contribution in [0.1, 0.15) is 59.7 Å². The van der Waals surface area contributed by atoms with Crippen LogP contribution in [0.4, 0.5) is 4.39 Å². The summed E-state index contributed by atoms with van der Waals surface area (Å²) in [5, 5.41) is 16.7. The van der Waals surface area contributed by atoms with Gasteiger partial charge in [-0.3, -0.25) is 19.2 Å². The molecule has 3 N–H and O–H groups in total. The number of rotatable bonds is 11. The lowest BCUT2D eigenvalue weighted by molar-refractivity contribution is -0.146. The number of benzene rings is 4. The molecule has 4 atom stereocenters. The molecule has 1 aliphatic carbocycles. The minimum Gasteiger partial charge on any atom is -0.457 e. The number of halogens is 2. The molecule has 2 fully saturated rings. The van der Waals surface area contributed by atoms with Crippen molar-refractivity contribution in [2.75, 3.05) is 40.3 Å². The van der Waals surface area contributed by atoms with E-state index in [-0.39, 0.29) is 42.6 Å². The number of piperidine rings is 1. The summed E-state index contributed by atoms with van der Waals surface area (Å²) in [6, 6.07) is 25.6. The van der Waals surface area contributed by atoms with Crippen molar-refractivity contribution in [2.24, 2.45) is 13.0 Å². The highest BCUT2D eigenvalue weighted by Crippen LogP contribution is 2.42. The number of nitrogens with zero attached hydrogens (tertiary/aromatic N) is 5. The second-order valence-corrected chi connectivity index (χ2v) is 18.3. The van der Waals surface area contributed by atoms with Gasteiger partial charge in [0.25, 0.3) is 0 Å². The Morgan fingerprint density at radius 1 is 0.969 bits per heavy atom. The number of hydrogen-bond donors (Lipinski definition) is 3. The number of carbonyl (C=O) groups is 4. The van der Waals surface area contributed by atoms with Gasteiger partial charge in [0.1, 0.15) is 29.2 Å². The number of hydrogen-bond acceptors (Lipinski definition) is 8. The number of aromatic nitrogens is 2. The summed E-state index contributed by atoms with van der Waals surface area (Å²) in [5.41, 5.74) is 4.07. The maximum atomic E-state index is 16.1. The number of ether oxygens (including phenoxy) is 1. The zero-order chi connectivity index (χ0) is 45.8. The van der Waals surface area contributed by atoms with Crippen LogP contribution in [-0.4, -0.2) is 105 Å². The van der Waals surface area contributed by atoms with Crippen molar-refractivity contribution in [3.63, 3.8) is 0 Å². The van der Waals surface area contributed by atoms with Crippen LogP contribution in [0.5, 0.6) is 11.5 Å². The number of nitrogens with one attached hydrogen (secondary N) is 2. The molecule has 0 radical (unpaired) electrons. The highest BCUT2D eigenvalue weighted by atomic mass is 35.5. The van der Waals surface area contributed by atoms with E-state index in [0.29, 0.717) is 49.5 Å². The van der Waals surface area contributed by atoms with E-state index in [1.807, 2.05) is 85.3 Å². The lowest BCUT2D eigenvalue weighted by atomic mass is 9.80. The quantitative estimate of drug-likeness (QED) is 0.146. The van der Waals surface area contributed by atoms with Crippen LogP contribution in [0.25, 0.3) is 11.3 Å². The van der Waals surface area contributed by atoms with Crippen LogP contribution < -0.4 is 15.4 Å². The molecule has 4 aromatic carbocycles. The molecule has 2 saturated heterocycles. The molecule has 4 amide bonds. The van der Waals surface area contributed by atoms with Crippen molar-refractivity contribution in [1.82, 2.24) is 34.9 Å². The molecule has 1 aromatic heterocycles. The van der Waals surface area contributed by atoms with Crippen LogP contribution in [0.3, 0.4) is 0 Å². The van der Waals surface area contributed by atoms with Gasteiger partial charge in [0.05, 0.1) is 43.0 Å². The Morgan fingerprint density at radius 3 is 2.46 bits per heavy atom. The number of aliphatic hydroxyl groups is 1. The third kappa shape index (κ3) is 10.4. The molecule has 13 nitrogen and oxygen atoms in total. The lowest BCUT2D eigenvalue weighted by Gasteiger charge is -2.45. The van der Waals surface area contributed by atoms with Crippen molar-refractivity contribution in [1.29, 1.82) is 0 Å². The lowest BCUT2D eigenvalue weighted by Crippen LogP contribution is -2.65. The van der Waals surface area contributed by atoms with Crippen LogP contribution >= 0.6 is 11.6 Å². The summed E-state index contributed by atoms with van der Waals surface area (Å²) in [4.78, 5) is 67.1. The molecule has 3 heterocycles. The minimum atomic E-state index is -1.36. The van der Waals surface area contributed by atoms with E-state index in [0.717, 1.165) is 40.2 Å². The summed E-state index contributed by atoms with van der Waals surface area (Å²) < 4.78 is 24.2. The monoisotopic (exact) mass is 903 g/mol. The van der Waals surface area contributed by atoms with Crippen LogP contribution in [-0.2, 0) is 52.2 Å². The van der Waals surface area contributed by atoms with E-state index in [2.05, 4.69) is 15.6 Å². The highest BCUT2D eigenvalue weighted by Gasteiger charge is 2.45. The van der Waals surface area contributed by atoms with E-state index < -0.39 is 54.2 Å². The third-order valence-electron chi connectivity index (χ3n) is 12.9. The fourth-order valence-corrected chi connectivity index (χ4v) is 9.78. The van der Waals surface area contributed by atoms with E-state index in [1.54, 1.807) is 35.2 Å². The number of imidazole rings is 1. The van der Waals surface area contributed by atoms with Gasteiger partial charge < -0.3 is 39.7 Å². The normalized spacial score (nSPS) is 21.8. The Hall–Kier alpha value is -6.09. The summed E-state index contributed by atoms with van der Waals surface area (Å²) in [7, 11) is 5.94. The molecule has 340 valence electrons. The van der Waals surface area contributed by atoms with Gasteiger partial charge in [0.15, 0.2) is 0 Å². The van der Waals surface area contributed by atoms with Crippen molar-refractivity contribution < 1.29 is 33.4 Å².